The lowest BCUT2D eigenvalue weighted by atomic mass is 9.98. The molecule has 128 valence electrons. The third kappa shape index (κ3) is 3.91. The summed E-state index contributed by atoms with van der Waals surface area (Å²) in [6.45, 7) is 2.07. The molecule has 0 fully saturated rings. The van der Waals surface area contributed by atoms with Crippen molar-refractivity contribution >= 4 is 11.6 Å². The number of amides is 1. The number of benzene rings is 2. The molecule has 0 saturated carbocycles. The highest BCUT2D eigenvalue weighted by atomic mass is 16.5. The summed E-state index contributed by atoms with van der Waals surface area (Å²) in [7, 11) is 1.60. The molecule has 1 atom stereocenters. The summed E-state index contributed by atoms with van der Waals surface area (Å²) in [5, 5.41) is 2.97. The average Bonchev–Trinajstić information content (AvgIpc) is 3.15. The molecule has 0 radical (unpaired) electrons. The smallest absolute Gasteiger partial charge is 0.226 e. The highest BCUT2D eigenvalue weighted by Crippen LogP contribution is 2.27. The SMILES string of the molecule is COc1ccccc1NC(=O)CC(c1ccccc1C)n1cccc1. The summed E-state index contributed by atoms with van der Waals surface area (Å²) in [6.07, 6.45) is 4.33. The topological polar surface area (TPSA) is 43.3 Å². The molecular weight excluding hydrogens is 312 g/mol. The zero-order chi connectivity index (χ0) is 17.6. The fraction of sp³-hybridized carbons (Fsp3) is 0.190. The van der Waals surface area contributed by atoms with Crippen LogP contribution in [0.2, 0.25) is 0 Å². The quantitative estimate of drug-likeness (QED) is 0.725. The van der Waals surface area contributed by atoms with Crippen LogP contribution in [0.1, 0.15) is 23.6 Å². The monoisotopic (exact) mass is 334 g/mol. The van der Waals surface area contributed by atoms with Crippen LogP contribution in [0.25, 0.3) is 0 Å². The molecule has 4 heteroatoms. The highest BCUT2D eigenvalue weighted by molar-refractivity contribution is 5.92. The van der Waals surface area contributed by atoms with Crippen molar-refractivity contribution < 1.29 is 9.53 Å². The maximum atomic E-state index is 12.7. The van der Waals surface area contributed by atoms with Crippen LogP contribution in [0.5, 0.6) is 5.75 Å². The van der Waals surface area contributed by atoms with Gasteiger partial charge in [-0.2, -0.15) is 0 Å². The molecule has 1 amide bonds. The van der Waals surface area contributed by atoms with E-state index in [0.29, 0.717) is 17.9 Å². The molecule has 0 aliphatic rings. The van der Waals surface area contributed by atoms with Crippen molar-refractivity contribution in [2.24, 2.45) is 0 Å². The minimum atomic E-state index is -0.0501. The van der Waals surface area contributed by atoms with Crippen molar-refractivity contribution in [3.8, 4) is 5.75 Å². The van der Waals surface area contributed by atoms with Gasteiger partial charge in [-0.15, -0.1) is 0 Å². The number of carbonyl (C=O) groups is 1. The van der Waals surface area contributed by atoms with Crippen LogP contribution in [-0.2, 0) is 4.79 Å². The maximum absolute atomic E-state index is 12.7. The van der Waals surface area contributed by atoms with Crippen LogP contribution in [0.4, 0.5) is 5.69 Å². The summed E-state index contributed by atoms with van der Waals surface area (Å²) in [4.78, 5) is 12.7. The predicted octanol–water partition coefficient (Wildman–Crippen LogP) is 4.42. The van der Waals surface area contributed by atoms with Gasteiger partial charge in [0.15, 0.2) is 0 Å². The second kappa shape index (κ2) is 7.71. The standard InChI is InChI=1S/C21H22N2O2/c1-16-9-3-4-10-17(16)19(23-13-7-8-14-23)15-21(24)22-18-11-5-6-12-20(18)25-2/h3-14,19H,15H2,1-2H3,(H,22,24). The first kappa shape index (κ1) is 16.8. The molecule has 0 saturated heterocycles. The lowest BCUT2D eigenvalue weighted by Crippen LogP contribution is -2.20. The Morgan fingerprint density at radius 1 is 1.04 bits per heavy atom. The Balaban J connectivity index is 1.84. The average molecular weight is 334 g/mol. The molecular formula is C21H22N2O2. The van der Waals surface area contributed by atoms with Gasteiger partial charge >= 0.3 is 0 Å². The van der Waals surface area contributed by atoms with Gasteiger partial charge in [0.25, 0.3) is 0 Å². The van der Waals surface area contributed by atoms with Gasteiger partial charge < -0.3 is 14.6 Å². The maximum Gasteiger partial charge on any atom is 0.226 e. The third-order valence-corrected chi connectivity index (χ3v) is 4.29. The van der Waals surface area contributed by atoms with E-state index < -0.39 is 0 Å². The van der Waals surface area contributed by atoms with Crippen LogP contribution >= 0.6 is 0 Å². The first-order valence-electron chi connectivity index (χ1n) is 8.30. The van der Waals surface area contributed by atoms with Crippen molar-refractivity contribution in [2.45, 2.75) is 19.4 Å². The molecule has 1 aromatic heterocycles. The van der Waals surface area contributed by atoms with Gasteiger partial charge in [-0.25, -0.2) is 0 Å². The molecule has 0 aliphatic carbocycles. The zero-order valence-corrected chi connectivity index (χ0v) is 14.5. The summed E-state index contributed by atoms with van der Waals surface area (Å²) < 4.78 is 7.38. The molecule has 1 heterocycles. The van der Waals surface area contributed by atoms with Crippen LogP contribution in [-0.4, -0.2) is 17.6 Å². The second-order valence-corrected chi connectivity index (χ2v) is 5.96. The Hall–Kier alpha value is -3.01. The van der Waals surface area contributed by atoms with Gasteiger partial charge in [0.2, 0.25) is 5.91 Å². The minimum Gasteiger partial charge on any atom is -0.495 e. The summed E-state index contributed by atoms with van der Waals surface area (Å²) in [6, 6.07) is 19.5. The molecule has 0 bridgehead atoms. The van der Waals surface area contributed by atoms with Gasteiger partial charge in [0.1, 0.15) is 5.75 Å². The van der Waals surface area contributed by atoms with Crippen LogP contribution in [0.3, 0.4) is 0 Å². The number of ether oxygens (including phenoxy) is 1. The fourth-order valence-corrected chi connectivity index (χ4v) is 3.02. The fourth-order valence-electron chi connectivity index (χ4n) is 3.02. The van der Waals surface area contributed by atoms with Crippen molar-refractivity contribution in [1.29, 1.82) is 0 Å². The molecule has 0 spiro atoms. The number of methoxy groups -OCH3 is 1. The Kier molecular flexibility index (Phi) is 5.19. The number of para-hydroxylation sites is 2. The molecule has 0 aliphatic heterocycles. The Morgan fingerprint density at radius 3 is 2.44 bits per heavy atom. The third-order valence-electron chi connectivity index (χ3n) is 4.29. The van der Waals surface area contributed by atoms with E-state index in [1.54, 1.807) is 7.11 Å². The van der Waals surface area contributed by atoms with E-state index in [1.807, 2.05) is 60.9 Å². The number of aryl methyl sites for hydroxylation is 1. The molecule has 3 aromatic rings. The first-order valence-corrected chi connectivity index (χ1v) is 8.30. The number of rotatable bonds is 6. The van der Waals surface area contributed by atoms with E-state index in [1.165, 1.54) is 5.56 Å². The van der Waals surface area contributed by atoms with Gasteiger partial charge in [-0.3, -0.25) is 4.79 Å². The normalized spacial score (nSPS) is 11.8. The lowest BCUT2D eigenvalue weighted by molar-refractivity contribution is -0.116. The van der Waals surface area contributed by atoms with Crippen molar-refractivity contribution in [3.63, 3.8) is 0 Å². The van der Waals surface area contributed by atoms with E-state index in [2.05, 4.69) is 28.9 Å². The Bertz CT molecular complexity index is 841. The Morgan fingerprint density at radius 2 is 1.72 bits per heavy atom. The minimum absolute atomic E-state index is 0.0496. The number of aromatic nitrogens is 1. The number of nitrogens with zero attached hydrogens (tertiary/aromatic N) is 1. The molecule has 3 rings (SSSR count). The van der Waals surface area contributed by atoms with Gasteiger partial charge in [-0.05, 0) is 42.3 Å². The second-order valence-electron chi connectivity index (χ2n) is 5.96. The molecule has 25 heavy (non-hydrogen) atoms. The largest absolute Gasteiger partial charge is 0.495 e. The number of nitrogens with one attached hydrogen (secondary N) is 1. The van der Waals surface area contributed by atoms with E-state index in [9.17, 15) is 4.79 Å². The highest BCUT2D eigenvalue weighted by Gasteiger charge is 2.19. The lowest BCUT2D eigenvalue weighted by Gasteiger charge is -2.21. The van der Waals surface area contributed by atoms with Gasteiger partial charge in [-0.1, -0.05) is 36.4 Å². The summed E-state index contributed by atoms with van der Waals surface area (Å²) in [5.74, 6) is 0.607. The van der Waals surface area contributed by atoms with Crippen molar-refractivity contribution in [1.82, 2.24) is 4.57 Å². The van der Waals surface area contributed by atoms with E-state index >= 15 is 0 Å². The number of hydrogen-bond acceptors (Lipinski definition) is 2. The van der Waals surface area contributed by atoms with Crippen LogP contribution in [0.15, 0.2) is 73.1 Å². The zero-order valence-electron chi connectivity index (χ0n) is 14.5. The molecule has 1 N–H and O–H groups in total. The van der Waals surface area contributed by atoms with Crippen LogP contribution < -0.4 is 10.1 Å². The number of hydrogen-bond donors (Lipinski definition) is 1. The molecule has 2 aromatic carbocycles. The Labute approximate surface area is 148 Å². The first-order chi connectivity index (χ1) is 12.2. The van der Waals surface area contributed by atoms with E-state index in [4.69, 9.17) is 4.74 Å². The summed E-state index contributed by atoms with van der Waals surface area (Å²) in [5.41, 5.74) is 3.01. The van der Waals surface area contributed by atoms with E-state index in [0.717, 1.165) is 5.56 Å². The van der Waals surface area contributed by atoms with E-state index in [-0.39, 0.29) is 11.9 Å². The molecule has 1 unspecified atom stereocenters. The van der Waals surface area contributed by atoms with Crippen LogP contribution in [0, 0.1) is 6.92 Å². The molecule has 4 nitrogen and oxygen atoms in total. The van der Waals surface area contributed by atoms with Gasteiger partial charge in [0, 0.05) is 12.4 Å². The number of carbonyl (C=O) groups excluding carboxylic acids is 1. The summed E-state index contributed by atoms with van der Waals surface area (Å²) >= 11 is 0. The number of anilines is 1. The van der Waals surface area contributed by atoms with Crippen molar-refractivity contribution in [2.75, 3.05) is 12.4 Å². The predicted molar refractivity (Wildman–Crippen MR) is 100.0 cm³/mol. The van der Waals surface area contributed by atoms with Gasteiger partial charge in [0.05, 0.1) is 25.3 Å². The van der Waals surface area contributed by atoms with Crippen molar-refractivity contribution in [3.05, 3.63) is 84.2 Å².